The third-order valence-corrected chi connectivity index (χ3v) is 4.94. The maximum absolute atomic E-state index is 11.6. The van der Waals surface area contributed by atoms with Crippen molar-refractivity contribution in [1.82, 2.24) is 10.2 Å². The number of rotatable bonds is 2. The number of sulfone groups is 1. The Morgan fingerprint density at radius 1 is 1.56 bits per heavy atom. The van der Waals surface area contributed by atoms with Gasteiger partial charge in [-0.2, -0.15) is 0 Å². The Morgan fingerprint density at radius 3 is 2.75 bits per heavy atom. The summed E-state index contributed by atoms with van der Waals surface area (Å²) in [5.74, 6) is -0.0192. The minimum atomic E-state index is -3.12. The second-order valence-electron chi connectivity index (χ2n) is 4.33. The van der Waals surface area contributed by atoms with E-state index in [1.165, 1.54) is 4.90 Å². The summed E-state index contributed by atoms with van der Waals surface area (Å²) in [7, 11) is -3.12. The molecule has 90 valence electrons. The zero-order chi connectivity index (χ0) is 12.0. The van der Waals surface area contributed by atoms with E-state index in [4.69, 9.17) is 5.41 Å². The highest BCUT2D eigenvalue weighted by molar-refractivity contribution is 7.91. The summed E-state index contributed by atoms with van der Waals surface area (Å²) in [6.07, 6.45) is 1.09. The predicted molar refractivity (Wildman–Crippen MR) is 59.3 cm³/mol. The SMILES string of the molecule is CCCN1C(=O)NC(=N)C12CCS(=O)(=O)C2. The van der Waals surface area contributed by atoms with Gasteiger partial charge in [-0.25, -0.2) is 13.2 Å². The molecule has 0 aromatic rings. The molecule has 0 bridgehead atoms. The van der Waals surface area contributed by atoms with Crippen LogP contribution < -0.4 is 5.32 Å². The Labute approximate surface area is 94.4 Å². The first-order chi connectivity index (χ1) is 7.41. The molecule has 2 rings (SSSR count). The lowest BCUT2D eigenvalue weighted by Gasteiger charge is -2.31. The lowest BCUT2D eigenvalue weighted by atomic mass is 9.97. The standard InChI is InChI=1S/C9H15N3O3S/c1-2-4-12-8(13)11-7(10)9(12)3-5-16(14,15)6-9/h2-6H2,1H3,(H2,10,11,13). The summed E-state index contributed by atoms with van der Waals surface area (Å²) in [6, 6.07) is -0.344. The zero-order valence-electron chi connectivity index (χ0n) is 9.12. The fourth-order valence-corrected chi connectivity index (χ4v) is 4.37. The van der Waals surface area contributed by atoms with Crippen LogP contribution in [0.15, 0.2) is 0 Å². The minimum absolute atomic E-state index is 0.0343. The molecule has 0 aromatic heterocycles. The smallest absolute Gasteiger partial charge is 0.311 e. The molecular weight excluding hydrogens is 230 g/mol. The van der Waals surface area contributed by atoms with Crippen LogP contribution in [-0.4, -0.2) is 48.8 Å². The molecule has 2 amide bonds. The van der Waals surface area contributed by atoms with Gasteiger partial charge in [0.25, 0.3) is 0 Å². The van der Waals surface area contributed by atoms with Gasteiger partial charge in [0.2, 0.25) is 0 Å². The molecular formula is C9H15N3O3S. The van der Waals surface area contributed by atoms with E-state index >= 15 is 0 Å². The Kier molecular flexibility index (Phi) is 2.45. The average molecular weight is 245 g/mol. The molecule has 6 nitrogen and oxygen atoms in total. The number of carbonyl (C=O) groups is 1. The molecule has 16 heavy (non-hydrogen) atoms. The molecule has 0 saturated carbocycles. The molecule has 7 heteroatoms. The van der Waals surface area contributed by atoms with Crippen molar-refractivity contribution in [2.45, 2.75) is 25.3 Å². The fourth-order valence-electron chi connectivity index (χ4n) is 2.40. The van der Waals surface area contributed by atoms with Gasteiger partial charge in [0, 0.05) is 6.54 Å². The first-order valence-electron chi connectivity index (χ1n) is 5.29. The molecule has 0 aliphatic carbocycles. The van der Waals surface area contributed by atoms with Crippen LogP contribution in [0, 0.1) is 5.41 Å². The number of urea groups is 1. The molecule has 2 N–H and O–H groups in total. The first kappa shape index (κ1) is 11.4. The maximum atomic E-state index is 11.6. The number of nitrogens with one attached hydrogen (secondary N) is 2. The lowest BCUT2D eigenvalue weighted by Crippen LogP contribution is -2.50. The van der Waals surface area contributed by atoms with Crippen molar-refractivity contribution in [2.75, 3.05) is 18.1 Å². The number of nitrogens with zero attached hydrogens (tertiary/aromatic N) is 1. The lowest BCUT2D eigenvalue weighted by molar-refractivity contribution is 0.182. The van der Waals surface area contributed by atoms with E-state index in [-0.39, 0.29) is 23.4 Å². The van der Waals surface area contributed by atoms with Crippen molar-refractivity contribution in [3.05, 3.63) is 0 Å². The van der Waals surface area contributed by atoms with Crippen LogP contribution in [0.5, 0.6) is 0 Å². The Balaban J connectivity index is 2.37. The number of amidine groups is 1. The van der Waals surface area contributed by atoms with Crippen molar-refractivity contribution >= 4 is 21.7 Å². The van der Waals surface area contributed by atoms with Gasteiger partial charge in [-0.1, -0.05) is 6.92 Å². The highest BCUT2D eigenvalue weighted by atomic mass is 32.2. The zero-order valence-corrected chi connectivity index (χ0v) is 9.93. The van der Waals surface area contributed by atoms with E-state index in [2.05, 4.69) is 5.32 Å². The van der Waals surface area contributed by atoms with E-state index in [0.29, 0.717) is 13.0 Å². The molecule has 0 radical (unpaired) electrons. The molecule has 2 aliphatic rings. The van der Waals surface area contributed by atoms with Gasteiger partial charge in [0.1, 0.15) is 11.4 Å². The van der Waals surface area contributed by atoms with Gasteiger partial charge >= 0.3 is 6.03 Å². The average Bonchev–Trinajstić information content (AvgIpc) is 2.61. The Morgan fingerprint density at radius 2 is 2.25 bits per heavy atom. The molecule has 0 aromatic carbocycles. The Bertz CT molecular complexity index is 445. The quantitative estimate of drug-likeness (QED) is 0.715. The van der Waals surface area contributed by atoms with Crippen LogP contribution in [0.4, 0.5) is 4.79 Å². The van der Waals surface area contributed by atoms with E-state index in [9.17, 15) is 13.2 Å². The van der Waals surface area contributed by atoms with Crippen LogP contribution in [-0.2, 0) is 9.84 Å². The van der Waals surface area contributed by atoms with Crippen LogP contribution in [0.2, 0.25) is 0 Å². The molecule has 2 aliphatic heterocycles. The Hall–Kier alpha value is -1.11. The van der Waals surface area contributed by atoms with Gasteiger partial charge < -0.3 is 4.90 Å². The molecule has 2 fully saturated rings. The first-order valence-corrected chi connectivity index (χ1v) is 7.11. The van der Waals surface area contributed by atoms with E-state index < -0.39 is 15.4 Å². The van der Waals surface area contributed by atoms with Gasteiger partial charge in [-0.05, 0) is 12.8 Å². The van der Waals surface area contributed by atoms with E-state index in [1.54, 1.807) is 0 Å². The molecule has 2 heterocycles. The van der Waals surface area contributed by atoms with E-state index in [0.717, 1.165) is 6.42 Å². The third-order valence-electron chi connectivity index (χ3n) is 3.19. The van der Waals surface area contributed by atoms with Gasteiger partial charge in [0.15, 0.2) is 9.84 Å². The maximum Gasteiger partial charge on any atom is 0.323 e. The van der Waals surface area contributed by atoms with Crippen molar-refractivity contribution in [3.63, 3.8) is 0 Å². The van der Waals surface area contributed by atoms with Crippen LogP contribution in [0.3, 0.4) is 0 Å². The number of amides is 2. The summed E-state index contributed by atoms with van der Waals surface area (Å²) in [5.41, 5.74) is -0.911. The molecule has 1 spiro atoms. The topological polar surface area (TPSA) is 90.3 Å². The molecule has 1 atom stereocenters. The van der Waals surface area contributed by atoms with Crippen LogP contribution in [0.25, 0.3) is 0 Å². The van der Waals surface area contributed by atoms with Crippen molar-refractivity contribution in [3.8, 4) is 0 Å². The minimum Gasteiger partial charge on any atom is -0.311 e. The number of carbonyl (C=O) groups excluding carboxylic acids is 1. The largest absolute Gasteiger partial charge is 0.323 e. The van der Waals surface area contributed by atoms with Crippen LogP contribution >= 0.6 is 0 Å². The van der Waals surface area contributed by atoms with Crippen molar-refractivity contribution in [1.29, 1.82) is 5.41 Å². The summed E-state index contributed by atoms with van der Waals surface area (Å²) >= 11 is 0. The van der Waals surface area contributed by atoms with Gasteiger partial charge in [-0.15, -0.1) is 0 Å². The van der Waals surface area contributed by atoms with Gasteiger partial charge in [-0.3, -0.25) is 10.7 Å². The highest BCUT2D eigenvalue weighted by Gasteiger charge is 2.55. The summed E-state index contributed by atoms with van der Waals surface area (Å²) in [4.78, 5) is 13.1. The second-order valence-corrected chi connectivity index (χ2v) is 6.51. The molecule has 1 unspecified atom stereocenters. The third kappa shape index (κ3) is 1.50. The monoisotopic (exact) mass is 245 g/mol. The number of hydrogen-bond donors (Lipinski definition) is 2. The fraction of sp³-hybridized carbons (Fsp3) is 0.778. The predicted octanol–water partition coefficient (Wildman–Crippen LogP) is -0.0438. The normalized spacial score (nSPS) is 32.4. The van der Waals surface area contributed by atoms with Crippen molar-refractivity contribution in [2.24, 2.45) is 0 Å². The van der Waals surface area contributed by atoms with Crippen LogP contribution in [0.1, 0.15) is 19.8 Å². The second kappa shape index (κ2) is 3.44. The van der Waals surface area contributed by atoms with Crippen molar-refractivity contribution < 1.29 is 13.2 Å². The van der Waals surface area contributed by atoms with E-state index in [1.807, 2.05) is 6.92 Å². The summed E-state index contributed by atoms with van der Waals surface area (Å²) < 4.78 is 23.1. The van der Waals surface area contributed by atoms with Gasteiger partial charge in [0.05, 0.1) is 11.5 Å². The summed E-state index contributed by atoms with van der Waals surface area (Å²) in [6.45, 7) is 2.41. The summed E-state index contributed by atoms with van der Waals surface area (Å²) in [5, 5.41) is 10.2. The molecule has 2 saturated heterocycles. The number of hydrogen-bond acceptors (Lipinski definition) is 4. The highest BCUT2D eigenvalue weighted by Crippen LogP contribution is 2.33.